The fourth-order valence-corrected chi connectivity index (χ4v) is 3.59. The normalized spacial score (nSPS) is 21.1. The van der Waals surface area contributed by atoms with Crippen LogP contribution in [-0.4, -0.2) is 23.4 Å². The Bertz CT molecular complexity index is 444. The number of carbonyl (C=O) groups excluding carboxylic acids is 1. The molecule has 5 heteroatoms. The van der Waals surface area contributed by atoms with E-state index in [0.29, 0.717) is 10.9 Å². The molecule has 1 aliphatic rings. The summed E-state index contributed by atoms with van der Waals surface area (Å²) >= 11 is 1.52. The van der Waals surface area contributed by atoms with Crippen LogP contribution >= 0.6 is 11.3 Å². The summed E-state index contributed by atoms with van der Waals surface area (Å²) < 4.78 is 0. The maximum atomic E-state index is 11.6. The largest absolute Gasteiger partial charge is 0.296 e. The summed E-state index contributed by atoms with van der Waals surface area (Å²) in [4.78, 5) is 16.0. The molecule has 0 aromatic carbocycles. The van der Waals surface area contributed by atoms with Gasteiger partial charge in [0, 0.05) is 17.5 Å². The lowest BCUT2D eigenvalue weighted by atomic mass is 10.1. The van der Waals surface area contributed by atoms with Crippen molar-refractivity contribution < 1.29 is 4.79 Å². The number of nitrogens with two attached hydrogens (primary N) is 1. The van der Waals surface area contributed by atoms with E-state index in [1.54, 1.807) is 0 Å². The average Bonchev–Trinajstić information content (AvgIpc) is 2.64. The molecule has 1 aromatic rings. The Hall–Kier alpha value is -0.910. The number of aryl methyl sites for hydroxylation is 1. The van der Waals surface area contributed by atoms with Crippen molar-refractivity contribution in [3.63, 3.8) is 0 Å². The van der Waals surface area contributed by atoms with Crippen LogP contribution in [0.4, 0.5) is 0 Å². The quantitative estimate of drug-likeness (QED) is 0.508. The van der Waals surface area contributed by atoms with Crippen molar-refractivity contribution in [1.29, 1.82) is 0 Å². The molecule has 1 atom stereocenters. The molecule has 0 radical (unpaired) electrons. The van der Waals surface area contributed by atoms with Crippen LogP contribution in [0, 0.1) is 6.92 Å². The van der Waals surface area contributed by atoms with Gasteiger partial charge in [-0.2, -0.15) is 0 Å². The molecule has 2 rings (SSSR count). The molecular formula is C14H23N3OS. The predicted octanol–water partition coefficient (Wildman–Crippen LogP) is 2.42. The predicted molar refractivity (Wildman–Crippen MR) is 79.0 cm³/mol. The van der Waals surface area contributed by atoms with Crippen LogP contribution in [0.5, 0.6) is 0 Å². The van der Waals surface area contributed by atoms with Gasteiger partial charge in [-0.3, -0.25) is 15.1 Å². The Morgan fingerprint density at radius 1 is 1.53 bits per heavy atom. The molecule has 1 amide bonds. The number of hydrogen-bond donors (Lipinski definition) is 2. The summed E-state index contributed by atoms with van der Waals surface area (Å²) in [7, 11) is 0. The van der Waals surface area contributed by atoms with Crippen LogP contribution in [-0.2, 0) is 6.54 Å². The fourth-order valence-electron chi connectivity index (χ4n) is 2.65. The molecule has 1 fully saturated rings. The number of amides is 1. The molecular weight excluding hydrogens is 258 g/mol. The third-order valence-corrected chi connectivity index (χ3v) is 5.03. The van der Waals surface area contributed by atoms with E-state index in [-0.39, 0.29) is 5.91 Å². The van der Waals surface area contributed by atoms with E-state index < -0.39 is 0 Å². The molecule has 106 valence electrons. The van der Waals surface area contributed by atoms with Crippen molar-refractivity contribution in [2.45, 2.75) is 52.1 Å². The first-order chi connectivity index (χ1) is 9.11. The highest BCUT2D eigenvalue weighted by atomic mass is 32.1. The molecule has 2 heterocycles. The maximum absolute atomic E-state index is 11.6. The molecule has 4 nitrogen and oxygen atoms in total. The number of nitrogen functional groups attached to an aromatic ring is 1. The zero-order valence-electron chi connectivity index (χ0n) is 11.7. The molecule has 3 N–H and O–H groups in total. The smallest absolute Gasteiger partial charge is 0.275 e. The minimum Gasteiger partial charge on any atom is -0.296 e. The summed E-state index contributed by atoms with van der Waals surface area (Å²) in [6, 6.07) is 2.62. The first kappa shape index (κ1) is 14.5. The summed E-state index contributed by atoms with van der Waals surface area (Å²) in [5.41, 5.74) is 3.46. The zero-order valence-corrected chi connectivity index (χ0v) is 12.6. The highest BCUT2D eigenvalue weighted by molar-refractivity contribution is 7.14. The lowest BCUT2D eigenvalue weighted by Gasteiger charge is -2.26. The highest BCUT2D eigenvalue weighted by Gasteiger charge is 2.19. The van der Waals surface area contributed by atoms with Crippen LogP contribution in [0.15, 0.2) is 6.07 Å². The number of rotatable bonds is 3. The first-order valence-corrected chi connectivity index (χ1v) is 7.77. The topological polar surface area (TPSA) is 58.4 Å². The van der Waals surface area contributed by atoms with Crippen LogP contribution in [0.2, 0.25) is 0 Å². The number of nitrogens with one attached hydrogen (secondary N) is 1. The Balaban J connectivity index is 2.09. The van der Waals surface area contributed by atoms with Crippen LogP contribution < -0.4 is 11.3 Å². The number of hydrogen-bond acceptors (Lipinski definition) is 4. The number of nitrogens with zero attached hydrogens (tertiary/aromatic N) is 1. The Morgan fingerprint density at radius 2 is 2.32 bits per heavy atom. The van der Waals surface area contributed by atoms with Gasteiger partial charge in [-0.05, 0) is 44.9 Å². The monoisotopic (exact) mass is 281 g/mol. The second kappa shape index (κ2) is 6.50. The number of likely N-dealkylation sites (tertiary alicyclic amines) is 1. The third-order valence-electron chi connectivity index (χ3n) is 3.94. The molecule has 0 aliphatic carbocycles. The van der Waals surface area contributed by atoms with Gasteiger partial charge >= 0.3 is 0 Å². The molecule has 19 heavy (non-hydrogen) atoms. The minimum atomic E-state index is -0.191. The van der Waals surface area contributed by atoms with Gasteiger partial charge < -0.3 is 0 Å². The summed E-state index contributed by atoms with van der Waals surface area (Å²) in [5, 5.41) is 0. The molecule has 0 bridgehead atoms. The van der Waals surface area contributed by atoms with Crippen molar-refractivity contribution in [3.05, 3.63) is 21.4 Å². The van der Waals surface area contributed by atoms with Crippen molar-refractivity contribution >= 4 is 17.2 Å². The third kappa shape index (κ3) is 3.55. The van der Waals surface area contributed by atoms with Crippen molar-refractivity contribution in [3.8, 4) is 0 Å². The molecule has 0 spiro atoms. The Morgan fingerprint density at radius 3 is 3.05 bits per heavy atom. The van der Waals surface area contributed by atoms with E-state index in [2.05, 4.69) is 24.2 Å². The van der Waals surface area contributed by atoms with Gasteiger partial charge in [0.05, 0.1) is 4.88 Å². The molecule has 1 aliphatic heterocycles. The number of carbonyl (C=O) groups is 1. The number of hydrazine groups is 1. The summed E-state index contributed by atoms with van der Waals surface area (Å²) in [6.07, 6.45) is 5.23. The van der Waals surface area contributed by atoms with Gasteiger partial charge in [-0.1, -0.05) is 12.8 Å². The van der Waals surface area contributed by atoms with Gasteiger partial charge in [0.25, 0.3) is 5.91 Å². The first-order valence-electron chi connectivity index (χ1n) is 6.96. The van der Waals surface area contributed by atoms with E-state index in [1.165, 1.54) is 47.5 Å². The van der Waals surface area contributed by atoms with Gasteiger partial charge in [0.1, 0.15) is 0 Å². The van der Waals surface area contributed by atoms with E-state index in [0.717, 1.165) is 13.1 Å². The van der Waals surface area contributed by atoms with Crippen LogP contribution in [0.1, 0.15) is 52.7 Å². The average molecular weight is 281 g/mol. The van der Waals surface area contributed by atoms with Crippen LogP contribution in [0.3, 0.4) is 0 Å². The Labute approximate surface area is 118 Å². The van der Waals surface area contributed by atoms with E-state index in [4.69, 9.17) is 5.84 Å². The van der Waals surface area contributed by atoms with Crippen molar-refractivity contribution in [2.75, 3.05) is 6.54 Å². The van der Waals surface area contributed by atoms with Gasteiger partial charge in [0.15, 0.2) is 0 Å². The highest BCUT2D eigenvalue weighted by Crippen LogP contribution is 2.25. The second-order valence-electron chi connectivity index (χ2n) is 5.33. The van der Waals surface area contributed by atoms with E-state index in [1.807, 2.05) is 6.07 Å². The lowest BCUT2D eigenvalue weighted by Crippen LogP contribution is -2.32. The number of thiophene rings is 1. The molecule has 1 unspecified atom stereocenters. The van der Waals surface area contributed by atoms with Crippen molar-refractivity contribution in [1.82, 2.24) is 10.3 Å². The van der Waals surface area contributed by atoms with Crippen molar-refractivity contribution in [2.24, 2.45) is 5.84 Å². The standard InChI is InChI=1S/C14H23N3OS/c1-10-6-4-3-5-7-17(10)9-12-8-13(14(18)16-15)19-11(12)2/h8,10H,3-7,9,15H2,1-2H3,(H,16,18). The van der Waals surface area contributed by atoms with Gasteiger partial charge in [-0.25, -0.2) is 5.84 Å². The minimum absolute atomic E-state index is 0.191. The summed E-state index contributed by atoms with van der Waals surface area (Å²) in [5.74, 6) is 5.00. The maximum Gasteiger partial charge on any atom is 0.275 e. The molecule has 0 saturated carbocycles. The molecule has 1 saturated heterocycles. The Kier molecular flexibility index (Phi) is 4.96. The SMILES string of the molecule is Cc1sc(C(=O)NN)cc1CN1CCCCCC1C. The molecule has 1 aromatic heterocycles. The van der Waals surface area contributed by atoms with E-state index in [9.17, 15) is 4.79 Å². The van der Waals surface area contributed by atoms with Gasteiger partial charge in [-0.15, -0.1) is 11.3 Å². The second-order valence-corrected chi connectivity index (χ2v) is 6.59. The van der Waals surface area contributed by atoms with Gasteiger partial charge in [0.2, 0.25) is 0 Å². The van der Waals surface area contributed by atoms with E-state index >= 15 is 0 Å². The summed E-state index contributed by atoms with van der Waals surface area (Å²) in [6.45, 7) is 6.49. The zero-order chi connectivity index (χ0) is 13.8. The lowest BCUT2D eigenvalue weighted by molar-refractivity contribution is 0.0957. The fraction of sp³-hybridized carbons (Fsp3) is 0.643. The van der Waals surface area contributed by atoms with Crippen LogP contribution in [0.25, 0.3) is 0 Å².